The highest BCUT2D eigenvalue weighted by molar-refractivity contribution is 5.67. The zero-order valence-corrected chi connectivity index (χ0v) is 10.5. The van der Waals surface area contributed by atoms with E-state index in [0.29, 0.717) is 0 Å². The summed E-state index contributed by atoms with van der Waals surface area (Å²) in [5.74, 6) is -3.43. The Morgan fingerprint density at radius 3 is 0.944 bits per heavy atom. The van der Waals surface area contributed by atoms with Gasteiger partial charge in [0.05, 0.1) is 0 Å². The monoisotopic (exact) mass is 270 g/mol. The number of methoxy groups -OCH3 is 1. The molecular weight excluding hydrogens is 252 g/mol. The van der Waals surface area contributed by atoms with Gasteiger partial charge in [0.15, 0.2) is 0 Å². The Bertz CT molecular complexity index is 206. The van der Waals surface area contributed by atoms with Crippen LogP contribution in [0.3, 0.4) is 0 Å². The Morgan fingerprint density at radius 2 is 0.944 bits per heavy atom. The molecule has 0 unspecified atom stereocenters. The normalized spacial score (nSPS) is 6.89. The van der Waals surface area contributed by atoms with Crippen LogP contribution in [0.2, 0.25) is 0 Å². The average Bonchev–Trinajstić information content (AvgIpc) is 1.98. The van der Waals surface area contributed by atoms with Gasteiger partial charge in [-0.05, 0) is 0 Å². The molecule has 0 bridgehead atoms. The van der Waals surface area contributed by atoms with Crippen LogP contribution in [-0.4, -0.2) is 58.0 Å². The van der Waals surface area contributed by atoms with Crippen molar-refractivity contribution in [2.45, 2.75) is 20.8 Å². The van der Waals surface area contributed by atoms with Crippen molar-refractivity contribution in [2.75, 3.05) is 13.7 Å². The number of hydrogen-bond donors (Lipinski definition) is 4. The fourth-order valence-corrected chi connectivity index (χ4v) is 0.123. The van der Waals surface area contributed by atoms with Crippen LogP contribution < -0.4 is 0 Å². The summed E-state index contributed by atoms with van der Waals surface area (Å²) in [4.78, 5) is 36.5. The van der Waals surface area contributed by atoms with Gasteiger partial charge < -0.3 is 25.2 Å². The molecule has 0 heterocycles. The minimum atomic E-state index is -0.933. The van der Waals surface area contributed by atoms with Crippen molar-refractivity contribution in [3.05, 3.63) is 0 Å². The number of carbonyl (C=O) groups is 4. The predicted molar refractivity (Wildman–Crippen MR) is 59.4 cm³/mol. The van der Waals surface area contributed by atoms with Gasteiger partial charge in [-0.1, -0.05) is 0 Å². The van der Waals surface area contributed by atoms with Crippen molar-refractivity contribution >= 4 is 23.9 Å². The molecular formula is C9H18O9. The van der Waals surface area contributed by atoms with Crippen LogP contribution in [-0.2, 0) is 23.9 Å². The van der Waals surface area contributed by atoms with Crippen LogP contribution in [0.4, 0.5) is 0 Å². The van der Waals surface area contributed by atoms with Crippen LogP contribution in [0.1, 0.15) is 20.8 Å². The van der Waals surface area contributed by atoms with Crippen molar-refractivity contribution in [1.82, 2.24) is 0 Å². The SMILES string of the molecule is CC(=O)O.CC(=O)O.CC(=O)O.COCC(=O)O. The zero-order valence-electron chi connectivity index (χ0n) is 10.5. The minimum Gasteiger partial charge on any atom is -0.481 e. The molecule has 4 N–H and O–H groups in total. The number of carboxylic acids is 4. The number of ether oxygens (including phenoxy) is 1. The van der Waals surface area contributed by atoms with Crippen molar-refractivity contribution in [1.29, 1.82) is 0 Å². The van der Waals surface area contributed by atoms with E-state index in [1.165, 1.54) is 7.11 Å². The lowest BCUT2D eigenvalue weighted by atomic mass is 10.8. The van der Waals surface area contributed by atoms with Crippen LogP contribution >= 0.6 is 0 Å². The van der Waals surface area contributed by atoms with Gasteiger partial charge in [0.25, 0.3) is 17.9 Å². The summed E-state index contributed by atoms with van der Waals surface area (Å²) in [7, 11) is 1.34. The molecule has 0 radical (unpaired) electrons. The van der Waals surface area contributed by atoms with Crippen LogP contribution in [0.25, 0.3) is 0 Å². The second-order valence-corrected chi connectivity index (χ2v) is 2.38. The fourth-order valence-electron chi connectivity index (χ4n) is 0.123. The Labute approximate surface area is 104 Å². The maximum Gasteiger partial charge on any atom is 0.329 e. The van der Waals surface area contributed by atoms with Gasteiger partial charge in [0, 0.05) is 27.9 Å². The Kier molecular flexibility index (Phi) is 28.0. The second kappa shape index (κ2) is 20.3. The van der Waals surface area contributed by atoms with Crippen molar-refractivity contribution in [3.63, 3.8) is 0 Å². The summed E-state index contributed by atoms with van der Waals surface area (Å²) in [6.45, 7) is 3.04. The minimum absolute atomic E-state index is 0.208. The van der Waals surface area contributed by atoms with E-state index in [4.69, 9.17) is 34.8 Å². The van der Waals surface area contributed by atoms with E-state index in [0.717, 1.165) is 20.8 Å². The van der Waals surface area contributed by atoms with Crippen molar-refractivity contribution in [2.24, 2.45) is 0 Å². The van der Waals surface area contributed by atoms with E-state index in [9.17, 15) is 4.79 Å². The first-order valence-corrected chi connectivity index (χ1v) is 4.26. The largest absolute Gasteiger partial charge is 0.481 e. The van der Waals surface area contributed by atoms with Gasteiger partial charge in [0.2, 0.25) is 0 Å². The summed E-state index contributed by atoms with van der Waals surface area (Å²) in [5.41, 5.74) is 0. The van der Waals surface area contributed by atoms with E-state index in [-0.39, 0.29) is 6.61 Å². The molecule has 0 atom stereocenters. The van der Waals surface area contributed by atoms with Gasteiger partial charge in [-0.15, -0.1) is 0 Å². The first-order chi connectivity index (χ1) is 7.97. The summed E-state index contributed by atoms with van der Waals surface area (Å²) in [5, 5.41) is 30.0. The Hall–Kier alpha value is -2.16. The predicted octanol–water partition coefficient (Wildman–Crippen LogP) is -0.00990. The van der Waals surface area contributed by atoms with Gasteiger partial charge in [0.1, 0.15) is 6.61 Å². The molecule has 0 saturated heterocycles. The number of carboxylic acid groups (broad SMARTS) is 4. The average molecular weight is 270 g/mol. The molecule has 9 heteroatoms. The molecule has 9 nitrogen and oxygen atoms in total. The molecule has 0 saturated carbocycles. The summed E-state index contributed by atoms with van der Waals surface area (Å²) in [6, 6.07) is 0. The maximum atomic E-state index is 9.47. The Balaban J connectivity index is -0.0000000742. The van der Waals surface area contributed by atoms with Crippen LogP contribution in [0, 0.1) is 0 Å². The highest BCUT2D eigenvalue weighted by Gasteiger charge is 1.87. The van der Waals surface area contributed by atoms with E-state index in [1.807, 2.05) is 0 Å². The molecule has 108 valence electrons. The molecule has 0 aromatic rings. The molecule has 0 aromatic carbocycles. The van der Waals surface area contributed by atoms with Crippen LogP contribution in [0.5, 0.6) is 0 Å². The molecule has 0 aliphatic heterocycles. The van der Waals surface area contributed by atoms with Gasteiger partial charge in [-0.2, -0.15) is 0 Å². The number of hydrogen-bond acceptors (Lipinski definition) is 5. The molecule has 0 rings (SSSR count). The third-order valence-electron chi connectivity index (χ3n) is 0.268. The first kappa shape index (κ1) is 24.9. The molecule has 0 aliphatic rings. The molecule has 0 fully saturated rings. The summed E-state index contributed by atoms with van der Waals surface area (Å²) < 4.78 is 4.20. The third-order valence-corrected chi connectivity index (χ3v) is 0.268. The van der Waals surface area contributed by atoms with E-state index in [1.54, 1.807) is 0 Å². The third kappa shape index (κ3) is 3230. The molecule has 0 spiro atoms. The Morgan fingerprint density at radius 1 is 0.778 bits per heavy atom. The molecule has 0 amide bonds. The standard InChI is InChI=1S/C3H6O3.3C2H4O2/c1-6-2-3(4)5;3*1-2(3)4/h2H2,1H3,(H,4,5);3*1H3,(H,3,4). The lowest BCUT2D eigenvalue weighted by Crippen LogP contribution is -2.02. The smallest absolute Gasteiger partial charge is 0.329 e. The van der Waals surface area contributed by atoms with Crippen molar-refractivity contribution < 1.29 is 44.3 Å². The van der Waals surface area contributed by atoms with E-state index >= 15 is 0 Å². The molecule has 18 heavy (non-hydrogen) atoms. The van der Waals surface area contributed by atoms with E-state index < -0.39 is 23.9 Å². The lowest BCUT2D eigenvalue weighted by Gasteiger charge is -1.83. The number of rotatable bonds is 2. The van der Waals surface area contributed by atoms with E-state index in [2.05, 4.69) is 4.74 Å². The summed E-state index contributed by atoms with van der Waals surface area (Å²) in [6.07, 6.45) is 0. The number of aliphatic carboxylic acids is 4. The lowest BCUT2D eigenvalue weighted by molar-refractivity contribution is -0.141. The highest BCUT2D eigenvalue weighted by Crippen LogP contribution is 1.61. The maximum absolute atomic E-state index is 9.47. The van der Waals surface area contributed by atoms with Gasteiger partial charge in [-0.3, -0.25) is 14.4 Å². The summed E-state index contributed by atoms with van der Waals surface area (Å²) >= 11 is 0. The topological polar surface area (TPSA) is 158 Å². The highest BCUT2D eigenvalue weighted by atomic mass is 16.5. The quantitative estimate of drug-likeness (QED) is 0.541. The fraction of sp³-hybridized carbons (Fsp3) is 0.556. The second-order valence-electron chi connectivity index (χ2n) is 2.38. The van der Waals surface area contributed by atoms with Gasteiger partial charge >= 0.3 is 5.97 Å². The van der Waals surface area contributed by atoms with Crippen molar-refractivity contribution in [3.8, 4) is 0 Å². The molecule has 0 aliphatic carbocycles. The zero-order chi connectivity index (χ0) is 15.7. The first-order valence-electron chi connectivity index (χ1n) is 4.26. The molecule has 0 aromatic heterocycles. The van der Waals surface area contributed by atoms with Gasteiger partial charge in [-0.25, -0.2) is 4.79 Å². The van der Waals surface area contributed by atoms with Crippen LogP contribution in [0.15, 0.2) is 0 Å².